The van der Waals surface area contributed by atoms with Crippen molar-refractivity contribution in [1.29, 1.82) is 0 Å². The second-order valence-corrected chi connectivity index (χ2v) is 13.9. The van der Waals surface area contributed by atoms with Crippen LogP contribution >= 0.6 is 23.2 Å². The molecule has 2 fully saturated rings. The molecule has 0 amide bonds. The smallest absolute Gasteiger partial charge is 0.0832 e. The number of fused-ring (bicyclic) bond motifs is 8. The minimum atomic E-state index is -0.407. The van der Waals surface area contributed by atoms with E-state index in [2.05, 4.69) is 68.1 Å². The number of hydrogen-bond acceptors (Lipinski definition) is 1. The van der Waals surface area contributed by atoms with Crippen molar-refractivity contribution < 1.29 is 6.85 Å². The van der Waals surface area contributed by atoms with Gasteiger partial charge in [-0.1, -0.05) is 123 Å². The molecule has 3 aliphatic rings. The molecule has 3 aliphatic carbocycles. The van der Waals surface area contributed by atoms with Gasteiger partial charge in [-0.3, -0.25) is 0 Å². The fourth-order valence-corrected chi connectivity index (χ4v) is 9.27. The van der Waals surface area contributed by atoms with Crippen LogP contribution in [0.2, 0.25) is 10.0 Å². The third-order valence-corrected chi connectivity index (χ3v) is 12.2. The van der Waals surface area contributed by atoms with E-state index in [1.165, 1.54) is 35.1 Å². The fourth-order valence-electron chi connectivity index (χ4n) is 8.89. The highest BCUT2D eigenvalue weighted by Crippen LogP contribution is 2.78. The van der Waals surface area contributed by atoms with Crippen molar-refractivity contribution in [2.75, 3.05) is 4.90 Å². The lowest BCUT2D eigenvalue weighted by Gasteiger charge is -2.48. The Morgan fingerprint density at radius 1 is 0.744 bits per heavy atom. The van der Waals surface area contributed by atoms with Gasteiger partial charge in [0.05, 0.1) is 22.6 Å². The predicted molar refractivity (Wildman–Crippen MR) is 182 cm³/mol. The van der Waals surface area contributed by atoms with E-state index in [9.17, 15) is 0 Å². The van der Waals surface area contributed by atoms with Gasteiger partial charge < -0.3 is 4.90 Å². The lowest BCUT2D eigenvalue weighted by Crippen LogP contribution is -2.44. The second kappa shape index (κ2) is 9.49. The third kappa shape index (κ3) is 3.59. The lowest BCUT2D eigenvalue weighted by atomic mass is 9.55. The van der Waals surface area contributed by atoms with E-state index in [0.29, 0.717) is 27.2 Å². The summed E-state index contributed by atoms with van der Waals surface area (Å²) < 4.78 is 41.3. The van der Waals surface area contributed by atoms with Crippen LogP contribution in [-0.4, -0.2) is 0 Å². The molecule has 2 saturated carbocycles. The highest BCUT2D eigenvalue weighted by molar-refractivity contribution is 6.44. The minimum absolute atomic E-state index is 0.0476. The van der Waals surface area contributed by atoms with E-state index >= 15 is 0 Å². The van der Waals surface area contributed by atoms with Gasteiger partial charge in [0.1, 0.15) is 0 Å². The summed E-state index contributed by atoms with van der Waals surface area (Å²) in [6.45, 7) is 7.48. The van der Waals surface area contributed by atoms with Gasteiger partial charge in [-0.25, -0.2) is 0 Å². The van der Waals surface area contributed by atoms with Gasteiger partial charge in [-0.05, 0) is 106 Å². The summed E-state index contributed by atoms with van der Waals surface area (Å²) >= 11 is 13.5. The minimum Gasteiger partial charge on any atom is -0.309 e. The molecule has 3 heteroatoms. The number of anilines is 3. The van der Waals surface area contributed by atoms with E-state index in [-0.39, 0.29) is 46.0 Å². The molecule has 1 nitrogen and oxygen atoms in total. The molecule has 0 saturated heterocycles. The molecule has 43 heavy (non-hydrogen) atoms. The summed E-state index contributed by atoms with van der Waals surface area (Å²) in [4.78, 5) is 2.08. The number of nitrogens with zero attached hydrogens (tertiary/aromatic N) is 1. The van der Waals surface area contributed by atoms with Crippen molar-refractivity contribution in [2.45, 2.75) is 45.4 Å². The van der Waals surface area contributed by atoms with Crippen LogP contribution < -0.4 is 4.90 Å². The van der Waals surface area contributed by atoms with E-state index < -0.39 is 6.04 Å². The maximum atomic E-state index is 8.48. The van der Waals surface area contributed by atoms with Crippen LogP contribution in [0, 0.1) is 16.7 Å². The average Bonchev–Trinajstić information content (AvgIpc) is 3.56. The molecule has 0 aromatic heterocycles. The summed E-state index contributed by atoms with van der Waals surface area (Å²) in [6.07, 6.45) is 3.65. The van der Waals surface area contributed by atoms with Crippen molar-refractivity contribution in [3.63, 3.8) is 0 Å². The van der Waals surface area contributed by atoms with Crippen LogP contribution in [-0.2, 0) is 5.41 Å². The van der Waals surface area contributed by atoms with Crippen molar-refractivity contribution >= 4 is 40.3 Å². The van der Waals surface area contributed by atoms with Crippen LogP contribution in [0.4, 0.5) is 17.1 Å². The van der Waals surface area contributed by atoms with Gasteiger partial charge >= 0.3 is 0 Å². The zero-order chi connectivity index (χ0) is 33.9. The lowest BCUT2D eigenvalue weighted by molar-refractivity contribution is 0.0990. The second-order valence-electron chi connectivity index (χ2n) is 13.1. The molecule has 8 rings (SSSR count). The Labute approximate surface area is 272 Å². The Morgan fingerprint density at radius 2 is 1.47 bits per heavy atom. The molecule has 1 spiro atoms. The van der Waals surface area contributed by atoms with Crippen LogP contribution in [0.1, 0.15) is 58.0 Å². The Bertz CT molecular complexity index is 2130. The highest BCUT2D eigenvalue weighted by atomic mass is 35.5. The summed E-state index contributed by atoms with van der Waals surface area (Å²) in [7, 11) is 0. The number of halogens is 2. The van der Waals surface area contributed by atoms with E-state index in [0.717, 1.165) is 17.8 Å². The van der Waals surface area contributed by atoms with E-state index in [1.54, 1.807) is 18.2 Å². The first-order chi connectivity index (χ1) is 22.8. The predicted octanol–water partition coefficient (Wildman–Crippen LogP) is 12.2. The van der Waals surface area contributed by atoms with Crippen LogP contribution in [0.15, 0.2) is 115 Å². The summed E-state index contributed by atoms with van der Waals surface area (Å²) in [5.74, 6) is 0.671. The zero-order valence-corrected chi connectivity index (χ0v) is 26.0. The molecular formula is C40H35Cl2N. The Morgan fingerprint density at radius 3 is 2.19 bits per heavy atom. The third-order valence-electron chi connectivity index (χ3n) is 11.4. The largest absolute Gasteiger partial charge is 0.309 e. The first-order valence-corrected chi connectivity index (χ1v) is 15.7. The molecule has 3 atom stereocenters. The molecule has 2 bridgehead atoms. The quantitative estimate of drug-likeness (QED) is 0.197. The fraction of sp³-hybridized carbons (Fsp3) is 0.250. The molecule has 0 radical (unpaired) electrons. The van der Waals surface area contributed by atoms with Gasteiger partial charge in [0.25, 0.3) is 0 Å². The van der Waals surface area contributed by atoms with Gasteiger partial charge in [0, 0.05) is 16.8 Å². The van der Waals surface area contributed by atoms with Crippen molar-refractivity contribution in [1.82, 2.24) is 0 Å². The Balaban J connectivity index is 1.30. The van der Waals surface area contributed by atoms with Gasteiger partial charge in [0.15, 0.2) is 0 Å². The standard InChI is InChI=1S/C40H35Cl2N/c1-38(2)28-22-23-39(38,3)40(25-28)33-13-8-7-12-31(33)32-24-30(20-21-34(32)40)43(36-15-9-14-35(41)37(36)42)29-18-16-27(17-19-29)26-10-5-4-6-11-26/h4-21,24,28H,22-23,25H2,1-3H3/i4D,5D,6D,10D,11D. The average molecular weight is 606 g/mol. The zero-order valence-electron chi connectivity index (χ0n) is 29.5. The van der Waals surface area contributed by atoms with Gasteiger partial charge in [0.2, 0.25) is 0 Å². The number of hydrogen-bond donors (Lipinski definition) is 0. The van der Waals surface area contributed by atoms with Crippen LogP contribution in [0.5, 0.6) is 0 Å². The van der Waals surface area contributed by atoms with Crippen molar-refractivity contribution in [3.8, 4) is 22.3 Å². The molecular weight excluding hydrogens is 565 g/mol. The van der Waals surface area contributed by atoms with Crippen molar-refractivity contribution in [3.05, 3.63) is 136 Å². The Kier molecular flexibility index (Phi) is 4.87. The van der Waals surface area contributed by atoms with Gasteiger partial charge in [-0.2, -0.15) is 0 Å². The summed E-state index contributed by atoms with van der Waals surface area (Å²) in [5.41, 5.74) is 8.81. The van der Waals surface area contributed by atoms with E-state index in [1.807, 2.05) is 24.3 Å². The van der Waals surface area contributed by atoms with Crippen LogP contribution in [0.3, 0.4) is 0 Å². The molecule has 0 N–H and O–H groups in total. The Hall–Kier alpha value is -3.52. The topological polar surface area (TPSA) is 3.24 Å². The number of benzene rings is 5. The molecule has 0 aliphatic heterocycles. The van der Waals surface area contributed by atoms with E-state index in [4.69, 9.17) is 30.1 Å². The highest BCUT2D eigenvalue weighted by Gasteiger charge is 2.71. The molecule has 3 unspecified atom stereocenters. The maximum Gasteiger partial charge on any atom is 0.0832 e. The SMILES string of the molecule is [2H]c1c([2H])c([2H])c(-c2ccc(N(c3ccc4c(c3)-c3ccccc3C43CC4CCC3(C)C4(C)C)c3cccc(Cl)c3Cl)cc2)c([2H])c1[2H]. The van der Waals surface area contributed by atoms with Gasteiger partial charge in [-0.15, -0.1) is 0 Å². The number of rotatable bonds is 4. The summed E-state index contributed by atoms with van der Waals surface area (Å²) in [5, 5.41) is 0.867. The van der Waals surface area contributed by atoms with Crippen LogP contribution in [0.25, 0.3) is 22.3 Å². The summed E-state index contributed by atoms with van der Waals surface area (Å²) in [6, 6.07) is 27.2. The maximum absolute atomic E-state index is 8.48. The molecule has 5 aromatic rings. The molecule has 5 aromatic carbocycles. The molecule has 0 heterocycles. The van der Waals surface area contributed by atoms with Crippen molar-refractivity contribution in [2.24, 2.45) is 16.7 Å². The first-order valence-electron chi connectivity index (χ1n) is 17.5. The normalized spacial score (nSPS) is 25.9. The molecule has 214 valence electrons. The monoisotopic (exact) mass is 604 g/mol. The first kappa shape index (κ1) is 22.1.